The van der Waals surface area contributed by atoms with Crippen molar-refractivity contribution in [1.82, 2.24) is 9.55 Å². The number of allylic oxidation sites excluding steroid dienone is 6. The lowest BCUT2D eigenvalue weighted by molar-refractivity contribution is 0.950. The summed E-state index contributed by atoms with van der Waals surface area (Å²) in [5.74, 6) is 0.941. The Hall–Kier alpha value is -5.99. The predicted octanol–water partition coefficient (Wildman–Crippen LogP) is 13.3. The number of rotatable bonds is 11. The summed E-state index contributed by atoms with van der Waals surface area (Å²) >= 11 is 0. The zero-order chi connectivity index (χ0) is 38.5. The maximum absolute atomic E-state index is 4.98. The molecule has 0 unspecified atom stereocenters. The third kappa shape index (κ3) is 7.17. The summed E-state index contributed by atoms with van der Waals surface area (Å²) in [6.45, 7) is 28.4. The topological polar surface area (TPSA) is 17.8 Å². The van der Waals surface area contributed by atoms with Gasteiger partial charge >= 0.3 is 0 Å². The van der Waals surface area contributed by atoms with E-state index in [-0.39, 0.29) is 0 Å². The van der Waals surface area contributed by atoms with Crippen molar-refractivity contribution in [3.05, 3.63) is 166 Å². The minimum Gasteiger partial charge on any atom is -0.293 e. The summed E-state index contributed by atoms with van der Waals surface area (Å²) < 4.78 is 2.28. The zero-order valence-electron chi connectivity index (χ0n) is 33.1. The number of unbranched alkanes of at least 4 members (excludes halogenated alkanes) is 1. The number of benzene rings is 5. The summed E-state index contributed by atoms with van der Waals surface area (Å²) in [5.41, 5.74) is 15.9. The molecule has 0 saturated heterocycles. The van der Waals surface area contributed by atoms with E-state index in [0.717, 1.165) is 95.8 Å². The first kappa shape index (κ1) is 37.8. The van der Waals surface area contributed by atoms with Crippen molar-refractivity contribution in [2.24, 2.45) is 0 Å². The van der Waals surface area contributed by atoms with Crippen molar-refractivity contribution in [3.8, 4) is 39.1 Å². The summed E-state index contributed by atoms with van der Waals surface area (Å²) in [7, 11) is 0. The van der Waals surface area contributed by atoms with E-state index in [4.69, 9.17) is 11.6 Å². The number of nitrogens with zero attached hydrogens (tertiary/aromatic N) is 2. The highest BCUT2D eigenvalue weighted by atomic mass is 15.1. The monoisotopic (exact) mass is 704 g/mol. The van der Waals surface area contributed by atoms with Gasteiger partial charge in [-0.05, 0) is 167 Å². The Kier molecular flexibility index (Phi) is 11.4. The van der Waals surface area contributed by atoms with Crippen LogP contribution in [-0.2, 0) is 0 Å². The van der Waals surface area contributed by atoms with Crippen LogP contribution in [0.1, 0.15) is 81.2 Å². The molecule has 2 nitrogen and oxygen atoms in total. The second-order valence-corrected chi connectivity index (χ2v) is 14.1. The number of fused-ring (bicyclic) bond motifs is 1. The Labute approximate surface area is 322 Å². The van der Waals surface area contributed by atoms with E-state index in [1.54, 1.807) is 0 Å². The summed E-state index contributed by atoms with van der Waals surface area (Å²) in [6.07, 6.45) is 19.0. The van der Waals surface area contributed by atoms with E-state index >= 15 is 0 Å². The molecule has 0 aliphatic heterocycles. The molecule has 1 aromatic heterocycles. The van der Waals surface area contributed by atoms with Gasteiger partial charge in [-0.15, -0.1) is 0 Å². The number of aryl methyl sites for hydroxylation is 2. The molecule has 0 atom stereocenters. The molecule has 270 valence electrons. The largest absolute Gasteiger partial charge is 0.293 e. The average molecular weight is 705 g/mol. The lowest BCUT2D eigenvalue weighted by Crippen LogP contribution is -2.27. The smallest absolute Gasteiger partial charge is 0.144 e. The molecule has 0 aliphatic carbocycles. The van der Waals surface area contributed by atoms with Crippen LogP contribution < -0.4 is 10.4 Å². The Morgan fingerprint density at radius 1 is 0.722 bits per heavy atom. The first-order valence-electron chi connectivity index (χ1n) is 19.0. The van der Waals surface area contributed by atoms with Crippen molar-refractivity contribution < 1.29 is 0 Å². The maximum atomic E-state index is 4.98. The third-order valence-corrected chi connectivity index (χ3v) is 10.5. The first-order chi connectivity index (χ1) is 26.1. The maximum Gasteiger partial charge on any atom is 0.144 e. The third-order valence-electron chi connectivity index (χ3n) is 10.5. The van der Waals surface area contributed by atoms with E-state index in [9.17, 15) is 0 Å². The number of aromatic nitrogens is 2. The van der Waals surface area contributed by atoms with Gasteiger partial charge in [-0.3, -0.25) is 4.57 Å². The zero-order valence-corrected chi connectivity index (χ0v) is 33.1. The van der Waals surface area contributed by atoms with Gasteiger partial charge in [0.15, 0.2) is 0 Å². The van der Waals surface area contributed by atoms with Crippen LogP contribution >= 0.6 is 0 Å². The molecule has 54 heavy (non-hydrogen) atoms. The Balaban J connectivity index is 1.62. The highest BCUT2D eigenvalue weighted by Gasteiger charge is 2.18. The van der Waals surface area contributed by atoms with Crippen molar-refractivity contribution in [2.45, 2.75) is 61.3 Å². The summed E-state index contributed by atoms with van der Waals surface area (Å²) in [6, 6.07) is 29.0. The van der Waals surface area contributed by atoms with Crippen molar-refractivity contribution in [2.75, 3.05) is 0 Å². The highest BCUT2D eigenvalue weighted by molar-refractivity contribution is 6.07. The molecular formula is C52H52N2. The van der Waals surface area contributed by atoms with Gasteiger partial charge in [-0.1, -0.05) is 118 Å². The number of hydrogen-bond donors (Lipinski definition) is 0. The first-order valence-corrected chi connectivity index (χ1v) is 19.0. The van der Waals surface area contributed by atoms with E-state index in [1.165, 1.54) is 22.3 Å². The molecule has 0 radical (unpaired) electrons. The van der Waals surface area contributed by atoms with Gasteiger partial charge in [-0.2, -0.15) is 0 Å². The molecule has 0 saturated carbocycles. The van der Waals surface area contributed by atoms with E-state index in [2.05, 4.69) is 182 Å². The second-order valence-electron chi connectivity index (χ2n) is 14.1. The van der Waals surface area contributed by atoms with Gasteiger partial charge in [0, 0.05) is 11.3 Å². The van der Waals surface area contributed by atoms with Crippen LogP contribution in [0.3, 0.4) is 0 Å². The van der Waals surface area contributed by atoms with E-state index in [0.29, 0.717) is 0 Å². The molecule has 5 aromatic carbocycles. The highest BCUT2D eigenvalue weighted by Crippen LogP contribution is 2.37. The molecule has 0 N–H and O–H groups in total. The molecule has 0 spiro atoms. The van der Waals surface area contributed by atoms with E-state index in [1.807, 2.05) is 12.3 Å². The quantitative estimate of drug-likeness (QED) is 0.123. The predicted molar refractivity (Wildman–Crippen MR) is 239 cm³/mol. The van der Waals surface area contributed by atoms with Crippen LogP contribution in [0.5, 0.6) is 0 Å². The van der Waals surface area contributed by atoms with E-state index < -0.39 is 0 Å². The van der Waals surface area contributed by atoms with Gasteiger partial charge in [0.05, 0.1) is 11.9 Å². The standard InChI is InChI=1S/C52H52N2/c1-11-16-20-36(8)47(15-5)52-53-33-46(19-13-3)54(52)45-22-17-21-41(31-45)42-27-28-48-49(32-42)51(44-26-24-35(7)40(30-44)18-12-2)38(10)37(9)50(48)43-25-23-34(6)39(14-4)29-43/h12-15,17-33H,4,9-11,16H2,1-3,5-8H3/b18-12-,19-13-,36-20+,47-15+. The van der Waals surface area contributed by atoms with Crippen LogP contribution in [0.25, 0.3) is 86.8 Å². The summed E-state index contributed by atoms with van der Waals surface area (Å²) in [5, 5.41) is 4.16. The average Bonchev–Trinajstić information content (AvgIpc) is 3.59. The van der Waals surface area contributed by atoms with Crippen LogP contribution in [-0.4, -0.2) is 9.55 Å². The minimum absolute atomic E-state index is 0.934. The normalized spacial score (nSPS) is 12.4. The molecule has 2 heteroatoms. The molecule has 6 aromatic rings. The van der Waals surface area contributed by atoms with Crippen LogP contribution in [0, 0.1) is 13.8 Å². The molecule has 0 bridgehead atoms. The SMILES string of the molecule is C=Cc1cc(-c2c(=C)c(=C)c(-c3ccc(C)c(/C=C\C)c3)c3cc(-c4cccc(-n5c(/C=C\C)cnc5C(=C/C)/C(C)=C/CCC)c4)ccc23)ccc1C. The lowest BCUT2D eigenvalue weighted by Gasteiger charge is -2.18. The van der Waals surface area contributed by atoms with Crippen molar-refractivity contribution >= 4 is 47.7 Å². The molecule has 0 fully saturated rings. The molecule has 6 rings (SSSR count). The van der Waals surface area contributed by atoms with Crippen LogP contribution in [0.4, 0.5) is 0 Å². The second kappa shape index (κ2) is 16.4. The van der Waals surface area contributed by atoms with Crippen LogP contribution in [0.15, 0.2) is 122 Å². The Morgan fingerprint density at radius 3 is 2.00 bits per heavy atom. The van der Waals surface area contributed by atoms with Gasteiger partial charge in [-0.25, -0.2) is 4.98 Å². The minimum atomic E-state index is 0.934. The van der Waals surface area contributed by atoms with Crippen LogP contribution in [0.2, 0.25) is 0 Å². The Morgan fingerprint density at radius 2 is 1.35 bits per heavy atom. The number of hydrogen-bond acceptors (Lipinski definition) is 1. The van der Waals surface area contributed by atoms with Gasteiger partial charge < -0.3 is 0 Å². The summed E-state index contributed by atoms with van der Waals surface area (Å²) in [4.78, 5) is 4.98. The molecule has 0 amide bonds. The Bertz CT molecular complexity index is 2620. The number of imidazole rings is 1. The fourth-order valence-electron chi connectivity index (χ4n) is 7.55. The molecular weight excluding hydrogens is 653 g/mol. The van der Waals surface area contributed by atoms with Gasteiger partial charge in [0.2, 0.25) is 0 Å². The fourth-order valence-corrected chi connectivity index (χ4v) is 7.55. The van der Waals surface area contributed by atoms with Gasteiger partial charge in [0.25, 0.3) is 0 Å². The fraction of sp³-hybridized carbons (Fsp3) is 0.173. The van der Waals surface area contributed by atoms with Crippen molar-refractivity contribution in [1.29, 1.82) is 0 Å². The molecule has 1 heterocycles. The van der Waals surface area contributed by atoms with Gasteiger partial charge in [0.1, 0.15) is 5.82 Å². The molecule has 0 aliphatic rings. The van der Waals surface area contributed by atoms with Crippen molar-refractivity contribution in [3.63, 3.8) is 0 Å². The lowest BCUT2D eigenvalue weighted by atomic mass is 9.86.